The van der Waals surface area contributed by atoms with Crippen LogP contribution in [0.1, 0.15) is 27.6 Å². The van der Waals surface area contributed by atoms with Crippen molar-refractivity contribution in [2.75, 3.05) is 17.7 Å². The molecule has 27 heavy (non-hydrogen) atoms. The molecule has 4 N–H and O–H groups in total. The summed E-state index contributed by atoms with van der Waals surface area (Å²) in [6.45, 7) is 1.82. The molecule has 0 aliphatic carbocycles. The van der Waals surface area contributed by atoms with Crippen LogP contribution in [0.5, 0.6) is 0 Å². The molecule has 0 unspecified atom stereocenters. The smallest absolute Gasteiger partial charge is 0.341 e. The number of nitrogens with one attached hydrogen (secondary N) is 2. The van der Waals surface area contributed by atoms with E-state index in [2.05, 4.69) is 20.5 Å². The third kappa shape index (κ3) is 3.51. The summed E-state index contributed by atoms with van der Waals surface area (Å²) in [5.41, 5.74) is 5.91. The third-order valence-corrected chi connectivity index (χ3v) is 3.63. The average molecular weight is 370 g/mol. The van der Waals surface area contributed by atoms with E-state index >= 15 is 0 Å². The van der Waals surface area contributed by atoms with E-state index < -0.39 is 16.8 Å². The number of nitrogen functional groups attached to an aromatic ring is 1. The van der Waals surface area contributed by atoms with Crippen LogP contribution in [-0.4, -0.2) is 38.6 Å². The first-order valence-corrected chi connectivity index (χ1v) is 7.78. The van der Waals surface area contributed by atoms with Gasteiger partial charge in [0.25, 0.3) is 11.6 Å². The predicted octanol–water partition coefficient (Wildman–Crippen LogP) is 1.88. The van der Waals surface area contributed by atoms with Gasteiger partial charge in [-0.2, -0.15) is 5.10 Å². The van der Waals surface area contributed by atoms with Gasteiger partial charge in [0.05, 0.1) is 16.9 Å². The zero-order valence-corrected chi connectivity index (χ0v) is 14.1. The Hall–Kier alpha value is -4.02. The molecule has 1 amide bonds. The number of benzene rings is 1. The average Bonchev–Trinajstić information content (AvgIpc) is 3.02. The van der Waals surface area contributed by atoms with E-state index in [0.29, 0.717) is 5.39 Å². The maximum atomic E-state index is 12.4. The monoisotopic (exact) mass is 370 g/mol. The Morgan fingerprint density at radius 2 is 2.15 bits per heavy atom. The lowest BCUT2D eigenvalue weighted by molar-refractivity contribution is -0.384. The molecule has 138 valence electrons. The van der Waals surface area contributed by atoms with Gasteiger partial charge in [0.1, 0.15) is 11.4 Å². The Morgan fingerprint density at radius 1 is 1.37 bits per heavy atom. The van der Waals surface area contributed by atoms with Gasteiger partial charge in [0.2, 0.25) is 0 Å². The lowest BCUT2D eigenvalue weighted by Crippen LogP contribution is -2.13. The summed E-state index contributed by atoms with van der Waals surface area (Å²) in [5, 5.41) is 20.3. The Kier molecular flexibility index (Phi) is 4.66. The van der Waals surface area contributed by atoms with Gasteiger partial charge >= 0.3 is 5.97 Å². The van der Waals surface area contributed by atoms with Crippen molar-refractivity contribution in [1.82, 2.24) is 15.2 Å². The molecule has 2 heterocycles. The van der Waals surface area contributed by atoms with Gasteiger partial charge in [-0.25, -0.2) is 9.78 Å². The van der Waals surface area contributed by atoms with Crippen molar-refractivity contribution in [2.45, 2.75) is 6.92 Å². The van der Waals surface area contributed by atoms with Crippen molar-refractivity contribution in [3.8, 4) is 0 Å². The molecule has 11 heteroatoms. The van der Waals surface area contributed by atoms with Crippen LogP contribution in [0.4, 0.5) is 17.3 Å². The molecule has 0 saturated heterocycles. The minimum absolute atomic E-state index is 0.0385. The Balaban J connectivity index is 1.94. The molecule has 0 spiro atoms. The van der Waals surface area contributed by atoms with Gasteiger partial charge in [-0.05, 0) is 19.1 Å². The fraction of sp³-hybridized carbons (Fsp3) is 0.125. The van der Waals surface area contributed by atoms with Crippen LogP contribution >= 0.6 is 0 Å². The number of aromatic nitrogens is 3. The first kappa shape index (κ1) is 17.8. The second-order valence-electron chi connectivity index (χ2n) is 5.37. The number of H-pyrrole nitrogens is 1. The van der Waals surface area contributed by atoms with E-state index in [4.69, 9.17) is 10.5 Å². The van der Waals surface area contributed by atoms with Crippen molar-refractivity contribution in [2.24, 2.45) is 0 Å². The van der Waals surface area contributed by atoms with Crippen molar-refractivity contribution in [3.05, 3.63) is 51.6 Å². The molecule has 1 aromatic carbocycles. The molecular weight excluding hydrogens is 356 g/mol. The zero-order chi connectivity index (χ0) is 19.6. The summed E-state index contributed by atoms with van der Waals surface area (Å²) < 4.78 is 4.92. The van der Waals surface area contributed by atoms with Crippen molar-refractivity contribution in [3.63, 3.8) is 0 Å². The molecule has 2 aromatic heterocycles. The lowest BCUT2D eigenvalue weighted by Gasteiger charge is -2.06. The molecule has 0 radical (unpaired) electrons. The first-order chi connectivity index (χ1) is 12.9. The molecule has 0 bridgehead atoms. The molecule has 0 atom stereocenters. The number of hydrogen-bond acceptors (Lipinski definition) is 8. The summed E-state index contributed by atoms with van der Waals surface area (Å²) in [6, 6.07) is 6.65. The number of nitrogens with two attached hydrogens (primary N) is 1. The predicted molar refractivity (Wildman–Crippen MR) is 95.3 cm³/mol. The molecule has 3 aromatic rings. The van der Waals surface area contributed by atoms with Crippen LogP contribution in [-0.2, 0) is 4.74 Å². The topological polar surface area (TPSA) is 166 Å². The second-order valence-corrected chi connectivity index (χ2v) is 5.37. The van der Waals surface area contributed by atoms with Gasteiger partial charge in [-0.15, -0.1) is 0 Å². The summed E-state index contributed by atoms with van der Waals surface area (Å²) >= 11 is 0. The number of pyridine rings is 1. The number of ether oxygens (including phenoxy) is 1. The molecule has 0 aliphatic rings. The van der Waals surface area contributed by atoms with Crippen LogP contribution in [0, 0.1) is 10.1 Å². The number of rotatable bonds is 5. The highest BCUT2D eigenvalue weighted by molar-refractivity contribution is 6.09. The van der Waals surface area contributed by atoms with Gasteiger partial charge < -0.3 is 15.8 Å². The number of nitro groups is 1. The summed E-state index contributed by atoms with van der Waals surface area (Å²) in [7, 11) is 0. The number of non-ortho nitro benzene ring substituents is 1. The number of hydrogen-bond donors (Lipinski definition) is 3. The van der Waals surface area contributed by atoms with Gasteiger partial charge in [0, 0.05) is 17.7 Å². The maximum Gasteiger partial charge on any atom is 0.341 e. The summed E-state index contributed by atoms with van der Waals surface area (Å²) in [4.78, 5) is 38.6. The van der Waals surface area contributed by atoms with Crippen molar-refractivity contribution in [1.29, 1.82) is 0 Å². The minimum atomic E-state index is -0.651. The number of fused-ring (bicyclic) bond motifs is 1. The number of carbonyl (C=O) groups is 2. The molecule has 0 saturated carbocycles. The summed E-state index contributed by atoms with van der Waals surface area (Å²) in [6.07, 6.45) is 0. The number of carbonyl (C=O) groups excluding carboxylic acids is 2. The Labute approximate surface area is 151 Å². The van der Waals surface area contributed by atoms with Crippen LogP contribution < -0.4 is 11.1 Å². The van der Waals surface area contributed by atoms with Crippen LogP contribution in [0.3, 0.4) is 0 Å². The standard InChI is InChI=1S/C16H14N6O5/c1-2-27-16(24)10-7-11-13(18-12(10)17)20-21-14(11)19-15(23)8-4-3-5-9(6-8)22(25)26/h3-7H,2H2,1H3,(H4,17,18,19,20,21,23). The maximum absolute atomic E-state index is 12.4. The van der Waals surface area contributed by atoms with E-state index in [1.54, 1.807) is 6.92 Å². The van der Waals surface area contributed by atoms with Crippen molar-refractivity contribution >= 4 is 40.2 Å². The van der Waals surface area contributed by atoms with E-state index in [-0.39, 0.29) is 40.7 Å². The van der Waals surface area contributed by atoms with E-state index in [1.807, 2.05) is 0 Å². The zero-order valence-electron chi connectivity index (χ0n) is 14.1. The normalized spacial score (nSPS) is 10.6. The molecule has 3 rings (SSSR count). The van der Waals surface area contributed by atoms with Gasteiger partial charge in [-0.3, -0.25) is 20.0 Å². The fourth-order valence-corrected chi connectivity index (χ4v) is 2.37. The summed E-state index contributed by atoms with van der Waals surface area (Å²) in [5.74, 6) is -1.20. The Bertz CT molecular complexity index is 1060. The molecule has 0 aliphatic heterocycles. The van der Waals surface area contributed by atoms with Gasteiger partial charge in [-0.1, -0.05) is 6.07 Å². The highest BCUT2D eigenvalue weighted by Crippen LogP contribution is 2.24. The molecule has 11 nitrogen and oxygen atoms in total. The largest absolute Gasteiger partial charge is 0.462 e. The SMILES string of the molecule is CCOC(=O)c1cc2c(NC(=O)c3cccc([N+](=O)[O-])c3)n[nH]c2nc1N. The number of aromatic amines is 1. The third-order valence-electron chi connectivity index (χ3n) is 3.63. The number of anilines is 2. The quantitative estimate of drug-likeness (QED) is 0.347. The number of nitrogens with zero attached hydrogens (tertiary/aromatic N) is 3. The fourth-order valence-electron chi connectivity index (χ4n) is 2.37. The second kappa shape index (κ2) is 7.07. The molecule has 0 fully saturated rings. The Morgan fingerprint density at radius 3 is 2.85 bits per heavy atom. The minimum Gasteiger partial charge on any atom is -0.462 e. The number of esters is 1. The van der Waals surface area contributed by atoms with Crippen LogP contribution in [0.25, 0.3) is 11.0 Å². The van der Waals surface area contributed by atoms with Crippen LogP contribution in [0.2, 0.25) is 0 Å². The molecular formula is C16H14N6O5. The first-order valence-electron chi connectivity index (χ1n) is 7.78. The van der Waals surface area contributed by atoms with Crippen molar-refractivity contribution < 1.29 is 19.2 Å². The highest BCUT2D eigenvalue weighted by Gasteiger charge is 2.19. The van der Waals surface area contributed by atoms with Crippen LogP contribution in [0.15, 0.2) is 30.3 Å². The van der Waals surface area contributed by atoms with E-state index in [1.165, 1.54) is 24.3 Å². The number of amides is 1. The van der Waals surface area contributed by atoms with E-state index in [9.17, 15) is 19.7 Å². The number of nitro benzene ring substituents is 1. The van der Waals surface area contributed by atoms with Gasteiger partial charge in [0.15, 0.2) is 11.5 Å². The highest BCUT2D eigenvalue weighted by atomic mass is 16.6. The lowest BCUT2D eigenvalue weighted by atomic mass is 10.2. The van der Waals surface area contributed by atoms with E-state index in [0.717, 1.165) is 6.07 Å².